The zero-order valence-electron chi connectivity index (χ0n) is 13.0. The van der Waals surface area contributed by atoms with E-state index in [-0.39, 0.29) is 5.91 Å². The summed E-state index contributed by atoms with van der Waals surface area (Å²) >= 11 is 1.72. The maximum atomic E-state index is 12.3. The van der Waals surface area contributed by atoms with E-state index in [1.54, 1.807) is 23.6 Å². The Balaban J connectivity index is 1.44. The van der Waals surface area contributed by atoms with Gasteiger partial charge in [-0.1, -0.05) is 24.3 Å². The number of H-pyrrole nitrogens is 1. The van der Waals surface area contributed by atoms with E-state index in [1.807, 2.05) is 30.5 Å². The highest BCUT2D eigenvalue weighted by atomic mass is 32.1. The molecule has 0 saturated carbocycles. The Bertz CT molecular complexity index is 935. The van der Waals surface area contributed by atoms with Gasteiger partial charge in [0.05, 0.1) is 17.3 Å². The Morgan fingerprint density at radius 3 is 3.12 bits per heavy atom. The fourth-order valence-electron chi connectivity index (χ4n) is 3.00. The smallest absolute Gasteiger partial charge is 0.273 e. The molecule has 3 aromatic rings. The van der Waals surface area contributed by atoms with Crippen LogP contribution in [0.5, 0.6) is 0 Å². The zero-order valence-corrected chi connectivity index (χ0v) is 13.8. The summed E-state index contributed by atoms with van der Waals surface area (Å²) in [5.74, 6) is 0.326. The van der Waals surface area contributed by atoms with Crippen molar-refractivity contribution < 1.29 is 4.79 Å². The normalized spacial score (nSPS) is 17.1. The van der Waals surface area contributed by atoms with Crippen LogP contribution in [0.2, 0.25) is 0 Å². The number of carbonyl (C=O) groups excluding carboxylic acids is 1. The van der Waals surface area contributed by atoms with Gasteiger partial charge in [0.25, 0.3) is 5.91 Å². The molecule has 1 aliphatic carbocycles. The zero-order chi connectivity index (χ0) is 16.4. The maximum absolute atomic E-state index is 12.3. The monoisotopic (exact) mass is 335 g/mol. The van der Waals surface area contributed by atoms with Gasteiger partial charge < -0.3 is 4.98 Å². The van der Waals surface area contributed by atoms with Gasteiger partial charge in [0.1, 0.15) is 0 Å². The molecule has 0 spiro atoms. The molecule has 0 radical (unpaired) electrons. The van der Waals surface area contributed by atoms with Crippen molar-refractivity contribution in [2.75, 3.05) is 0 Å². The van der Waals surface area contributed by atoms with Crippen LogP contribution in [-0.2, 0) is 0 Å². The van der Waals surface area contributed by atoms with Crippen molar-refractivity contribution in [3.8, 4) is 0 Å². The van der Waals surface area contributed by atoms with Crippen molar-refractivity contribution in [2.24, 2.45) is 5.10 Å². The molecule has 0 aliphatic heterocycles. The first-order valence-corrected chi connectivity index (χ1v) is 8.79. The van der Waals surface area contributed by atoms with Crippen LogP contribution in [0, 0.1) is 0 Å². The average molecular weight is 335 g/mol. The molecule has 4 rings (SSSR count). The summed E-state index contributed by atoms with van der Waals surface area (Å²) in [5.41, 5.74) is 4.04. The number of aromatic amines is 1. The van der Waals surface area contributed by atoms with Crippen molar-refractivity contribution in [2.45, 2.75) is 18.8 Å². The molecule has 5 heteroatoms. The predicted molar refractivity (Wildman–Crippen MR) is 98.8 cm³/mol. The molecule has 4 nitrogen and oxygen atoms in total. The van der Waals surface area contributed by atoms with Crippen molar-refractivity contribution in [1.29, 1.82) is 0 Å². The lowest BCUT2D eigenvalue weighted by molar-refractivity contribution is 0.0956. The van der Waals surface area contributed by atoms with Crippen LogP contribution >= 0.6 is 11.3 Å². The third-order valence-corrected chi connectivity index (χ3v) is 5.37. The molecule has 0 bridgehead atoms. The topological polar surface area (TPSA) is 57.2 Å². The Morgan fingerprint density at radius 2 is 2.25 bits per heavy atom. The van der Waals surface area contributed by atoms with Gasteiger partial charge in [-0.15, -0.1) is 11.3 Å². The highest BCUT2D eigenvalue weighted by molar-refractivity contribution is 7.13. The first-order valence-electron chi connectivity index (χ1n) is 7.97. The molecule has 24 heavy (non-hydrogen) atoms. The third kappa shape index (κ3) is 2.90. The molecule has 1 aromatic carbocycles. The molecule has 0 saturated heterocycles. The summed E-state index contributed by atoms with van der Waals surface area (Å²) in [6.07, 6.45) is 10.4. The Morgan fingerprint density at radius 1 is 1.29 bits per heavy atom. The predicted octanol–water partition coefficient (Wildman–Crippen LogP) is 4.43. The van der Waals surface area contributed by atoms with Crippen LogP contribution in [0.4, 0.5) is 0 Å². The maximum Gasteiger partial charge on any atom is 0.273 e. The molecule has 0 unspecified atom stereocenters. The second-order valence-electron chi connectivity index (χ2n) is 5.80. The fraction of sp³-hybridized carbons (Fsp3) is 0.158. The largest absolute Gasteiger partial charge is 0.361 e. The SMILES string of the molecule is O=C(N/N=C/c1ccc([C@@H]2C=CCC2)s1)c1cccc2cc[nH]c12. The third-order valence-electron chi connectivity index (χ3n) is 4.22. The molecular weight excluding hydrogens is 318 g/mol. The molecule has 2 aromatic heterocycles. The van der Waals surface area contributed by atoms with Crippen LogP contribution in [0.1, 0.15) is 38.9 Å². The standard InChI is InChI=1S/C19H17N3OS/c23-19(16-7-3-6-14-10-11-20-18(14)16)22-21-12-15-8-9-17(24-15)13-4-1-2-5-13/h1,3-4,6-13,20H,2,5H2,(H,22,23)/b21-12+/t13-/m1/s1. The van der Waals surface area contributed by atoms with E-state index < -0.39 is 0 Å². The highest BCUT2D eigenvalue weighted by Crippen LogP contribution is 2.32. The number of nitrogens with one attached hydrogen (secondary N) is 2. The summed E-state index contributed by atoms with van der Waals surface area (Å²) in [5, 5.41) is 5.12. The summed E-state index contributed by atoms with van der Waals surface area (Å²) in [7, 11) is 0. The van der Waals surface area contributed by atoms with Gasteiger partial charge in [0, 0.05) is 27.3 Å². The second-order valence-corrected chi connectivity index (χ2v) is 6.95. The summed E-state index contributed by atoms with van der Waals surface area (Å²) in [6, 6.07) is 11.8. The first kappa shape index (κ1) is 14.9. The number of fused-ring (bicyclic) bond motifs is 1. The number of hydrogen-bond donors (Lipinski definition) is 2. The summed E-state index contributed by atoms with van der Waals surface area (Å²) in [4.78, 5) is 17.8. The number of rotatable bonds is 4. The number of para-hydroxylation sites is 1. The van der Waals surface area contributed by atoms with E-state index in [9.17, 15) is 4.79 Å². The number of carbonyl (C=O) groups is 1. The molecule has 2 N–H and O–H groups in total. The Labute approximate surface area is 143 Å². The van der Waals surface area contributed by atoms with Crippen molar-refractivity contribution in [3.63, 3.8) is 0 Å². The molecule has 120 valence electrons. The molecule has 2 heterocycles. The van der Waals surface area contributed by atoms with E-state index in [0.29, 0.717) is 11.5 Å². The van der Waals surface area contributed by atoms with Crippen LogP contribution < -0.4 is 5.43 Å². The van der Waals surface area contributed by atoms with Crippen LogP contribution in [0.15, 0.2) is 59.8 Å². The van der Waals surface area contributed by atoms with Gasteiger partial charge in [-0.3, -0.25) is 4.79 Å². The van der Waals surface area contributed by atoms with Crippen molar-refractivity contribution >= 4 is 34.4 Å². The van der Waals surface area contributed by atoms with Crippen LogP contribution in [0.3, 0.4) is 0 Å². The number of hydrazone groups is 1. The summed E-state index contributed by atoms with van der Waals surface area (Å²) in [6.45, 7) is 0. The molecular formula is C19H17N3OS. The lowest BCUT2D eigenvalue weighted by atomic mass is 10.1. The van der Waals surface area contributed by atoms with Gasteiger partial charge in [0.2, 0.25) is 0 Å². The van der Waals surface area contributed by atoms with E-state index in [2.05, 4.69) is 33.7 Å². The van der Waals surface area contributed by atoms with Crippen molar-refractivity contribution in [1.82, 2.24) is 10.4 Å². The fourth-order valence-corrected chi connectivity index (χ4v) is 3.99. The lowest BCUT2D eigenvalue weighted by Crippen LogP contribution is -2.17. The quantitative estimate of drug-likeness (QED) is 0.414. The minimum absolute atomic E-state index is 0.213. The number of allylic oxidation sites excluding steroid dienone is 2. The molecule has 1 atom stereocenters. The average Bonchev–Trinajstić information content (AvgIpc) is 3.34. The number of nitrogens with zero attached hydrogens (tertiary/aromatic N) is 1. The lowest BCUT2D eigenvalue weighted by Gasteiger charge is -2.02. The van der Waals surface area contributed by atoms with Gasteiger partial charge in [-0.25, -0.2) is 5.43 Å². The number of thiophene rings is 1. The molecule has 0 fully saturated rings. The highest BCUT2D eigenvalue weighted by Gasteiger charge is 2.13. The number of benzene rings is 1. The minimum atomic E-state index is -0.213. The van der Waals surface area contributed by atoms with E-state index in [1.165, 1.54) is 11.3 Å². The van der Waals surface area contributed by atoms with Crippen LogP contribution in [-0.4, -0.2) is 17.1 Å². The Hall–Kier alpha value is -2.66. The molecule has 1 amide bonds. The first-order chi connectivity index (χ1) is 11.8. The number of amides is 1. The summed E-state index contributed by atoms with van der Waals surface area (Å²) < 4.78 is 0. The number of hydrogen-bond acceptors (Lipinski definition) is 3. The van der Waals surface area contributed by atoms with E-state index in [0.717, 1.165) is 22.2 Å². The molecule has 1 aliphatic rings. The minimum Gasteiger partial charge on any atom is -0.361 e. The Kier molecular flexibility index (Phi) is 4.01. The van der Waals surface area contributed by atoms with Crippen molar-refractivity contribution in [3.05, 3.63) is 70.1 Å². The van der Waals surface area contributed by atoms with Gasteiger partial charge in [-0.2, -0.15) is 5.10 Å². The number of aromatic nitrogens is 1. The van der Waals surface area contributed by atoms with E-state index >= 15 is 0 Å². The van der Waals surface area contributed by atoms with Gasteiger partial charge in [0.15, 0.2) is 0 Å². The van der Waals surface area contributed by atoms with Gasteiger partial charge in [-0.05, 0) is 37.1 Å². The van der Waals surface area contributed by atoms with E-state index in [4.69, 9.17) is 0 Å². The second kappa shape index (κ2) is 6.45. The van der Waals surface area contributed by atoms with Crippen LogP contribution in [0.25, 0.3) is 10.9 Å². The van der Waals surface area contributed by atoms with Gasteiger partial charge >= 0.3 is 0 Å².